The Morgan fingerprint density at radius 1 is 1.11 bits per heavy atom. The number of amides is 1. The maximum Gasteiger partial charge on any atom is 0.248 e. The van der Waals surface area contributed by atoms with Crippen LogP contribution in [0.1, 0.15) is 33.0 Å². The van der Waals surface area contributed by atoms with Gasteiger partial charge in [0.1, 0.15) is 12.4 Å². The number of carbonyl (C=O) groups excluding carboxylic acids is 1. The quantitative estimate of drug-likeness (QED) is 0.555. The lowest BCUT2D eigenvalue weighted by Gasteiger charge is -2.11. The predicted octanol–water partition coefficient (Wildman–Crippen LogP) is 5.61. The largest absolute Gasteiger partial charge is 0.487 e. The minimum atomic E-state index is -0.144. The van der Waals surface area contributed by atoms with E-state index in [9.17, 15) is 4.79 Å². The zero-order chi connectivity index (χ0) is 20.1. The second kappa shape index (κ2) is 8.85. The summed E-state index contributed by atoms with van der Waals surface area (Å²) in [7, 11) is 0. The highest BCUT2D eigenvalue weighted by molar-refractivity contribution is 7.09. The summed E-state index contributed by atoms with van der Waals surface area (Å²) in [4.78, 5) is 16.7. The summed E-state index contributed by atoms with van der Waals surface area (Å²) < 4.78 is 5.74. The second-order valence-electron chi connectivity index (χ2n) is 6.81. The molecule has 5 heteroatoms. The topological polar surface area (TPSA) is 51.2 Å². The minimum Gasteiger partial charge on any atom is -0.487 e. The molecular formula is C23H24N2O2S. The first-order chi connectivity index (χ1) is 13.4. The molecule has 1 amide bonds. The van der Waals surface area contributed by atoms with Crippen LogP contribution < -0.4 is 10.1 Å². The van der Waals surface area contributed by atoms with Crippen molar-refractivity contribution in [2.24, 2.45) is 0 Å². The van der Waals surface area contributed by atoms with Crippen LogP contribution >= 0.6 is 11.3 Å². The normalized spacial score (nSPS) is 11.0. The lowest BCUT2D eigenvalue weighted by Crippen LogP contribution is -2.10. The van der Waals surface area contributed by atoms with Gasteiger partial charge in [0, 0.05) is 17.1 Å². The molecule has 4 nitrogen and oxygen atoms in total. The molecule has 0 bridgehead atoms. The molecule has 0 unspecified atom stereocenters. The molecule has 0 spiro atoms. The number of rotatable bonds is 6. The van der Waals surface area contributed by atoms with E-state index < -0.39 is 0 Å². The lowest BCUT2D eigenvalue weighted by atomic mass is 10.1. The van der Waals surface area contributed by atoms with Gasteiger partial charge in [-0.05, 0) is 62.6 Å². The number of benzene rings is 2. The number of nitrogens with one attached hydrogen (secondary N) is 1. The Bertz CT molecular complexity index is 981. The monoisotopic (exact) mass is 392 g/mol. The average molecular weight is 393 g/mol. The number of nitrogens with zero attached hydrogens (tertiary/aromatic N) is 1. The standard InChI is InChI=1S/C23H24N2O2S/c1-15-11-16(2)23(17(3)12-15)25-22(26)10-7-19-5-8-21(9-6-19)27-13-20-14-28-18(4)24-20/h5-12,14H,13H2,1-4H3,(H,25,26)/b10-7+. The minimum absolute atomic E-state index is 0.144. The number of hydrogen-bond acceptors (Lipinski definition) is 4. The van der Waals surface area contributed by atoms with E-state index in [0.29, 0.717) is 6.61 Å². The Kier molecular flexibility index (Phi) is 6.26. The fourth-order valence-corrected chi connectivity index (χ4v) is 3.62. The average Bonchev–Trinajstić information content (AvgIpc) is 3.07. The van der Waals surface area contributed by atoms with Gasteiger partial charge in [0.25, 0.3) is 0 Å². The number of ether oxygens (including phenoxy) is 1. The van der Waals surface area contributed by atoms with Crippen molar-refractivity contribution in [3.63, 3.8) is 0 Å². The first-order valence-corrected chi connectivity index (χ1v) is 9.99. The molecule has 0 fully saturated rings. The maximum absolute atomic E-state index is 12.3. The molecule has 0 saturated carbocycles. The molecule has 1 heterocycles. The van der Waals surface area contributed by atoms with E-state index >= 15 is 0 Å². The summed E-state index contributed by atoms with van der Waals surface area (Å²) >= 11 is 1.62. The van der Waals surface area contributed by atoms with E-state index in [1.54, 1.807) is 23.5 Å². The zero-order valence-electron chi connectivity index (χ0n) is 16.6. The molecule has 0 radical (unpaired) electrons. The van der Waals surface area contributed by atoms with Crippen molar-refractivity contribution in [1.29, 1.82) is 0 Å². The van der Waals surface area contributed by atoms with Crippen molar-refractivity contribution >= 4 is 29.0 Å². The third kappa shape index (κ3) is 5.30. The predicted molar refractivity (Wildman–Crippen MR) is 116 cm³/mol. The fraction of sp³-hybridized carbons (Fsp3) is 0.217. The van der Waals surface area contributed by atoms with Crippen LogP contribution in [0.2, 0.25) is 0 Å². The van der Waals surface area contributed by atoms with Crippen molar-refractivity contribution < 1.29 is 9.53 Å². The number of hydrogen-bond donors (Lipinski definition) is 1. The number of aromatic nitrogens is 1. The van der Waals surface area contributed by atoms with Gasteiger partial charge in [0.2, 0.25) is 5.91 Å². The number of aryl methyl sites for hydroxylation is 4. The smallest absolute Gasteiger partial charge is 0.248 e. The highest BCUT2D eigenvalue weighted by atomic mass is 32.1. The zero-order valence-corrected chi connectivity index (χ0v) is 17.4. The van der Waals surface area contributed by atoms with E-state index in [1.807, 2.05) is 50.4 Å². The molecule has 1 N–H and O–H groups in total. The fourth-order valence-electron chi connectivity index (χ4n) is 3.02. The summed E-state index contributed by atoms with van der Waals surface area (Å²) in [6, 6.07) is 11.8. The molecule has 28 heavy (non-hydrogen) atoms. The van der Waals surface area contributed by atoms with Crippen LogP contribution in [0, 0.1) is 27.7 Å². The van der Waals surface area contributed by atoms with Crippen LogP contribution in [0.3, 0.4) is 0 Å². The Labute approximate surface area is 169 Å². The SMILES string of the molecule is Cc1cc(C)c(NC(=O)/C=C/c2ccc(OCc3csc(C)n3)cc2)c(C)c1. The summed E-state index contributed by atoms with van der Waals surface area (Å²) in [6.45, 7) is 8.50. The first-order valence-electron chi connectivity index (χ1n) is 9.11. The van der Waals surface area contributed by atoms with E-state index in [4.69, 9.17) is 4.74 Å². The van der Waals surface area contributed by atoms with Crippen molar-refractivity contribution in [2.45, 2.75) is 34.3 Å². The van der Waals surface area contributed by atoms with Crippen molar-refractivity contribution in [1.82, 2.24) is 4.98 Å². The van der Waals surface area contributed by atoms with Crippen LogP contribution in [-0.4, -0.2) is 10.9 Å². The summed E-state index contributed by atoms with van der Waals surface area (Å²) in [6.07, 6.45) is 3.34. The van der Waals surface area contributed by atoms with E-state index in [2.05, 4.69) is 29.4 Å². The Morgan fingerprint density at radius 2 is 1.79 bits per heavy atom. The van der Waals surface area contributed by atoms with E-state index in [0.717, 1.165) is 38.8 Å². The second-order valence-corrected chi connectivity index (χ2v) is 7.87. The van der Waals surface area contributed by atoms with Crippen LogP contribution in [-0.2, 0) is 11.4 Å². The van der Waals surface area contributed by atoms with Crippen molar-refractivity contribution in [3.8, 4) is 5.75 Å². The van der Waals surface area contributed by atoms with Gasteiger partial charge in [-0.25, -0.2) is 4.98 Å². The molecule has 3 rings (SSSR count). The Hall–Kier alpha value is -2.92. The maximum atomic E-state index is 12.3. The third-order valence-electron chi connectivity index (χ3n) is 4.29. The van der Waals surface area contributed by atoms with Crippen molar-refractivity contribution in [3.05, 3.63) is 80.8 Å². The van der Waals surface area contributed by atoms with Crippen LogP contribution in [0.4, 0.5) is 5.69 Å². The van der Waals surface area contributed by atoms with Gasteiger partial charge in [0.05, 0.1) is 10.7 Å². The third-order valence-corrected chi connectivity index (χ3v) is 5.11. The van der Waals surface area contributed by atoms with Gasteiger partial charge in [-0.1, -0.05) is 29.8 Å². The first kappa shape index (κ1) is 19.8. The highest BCUT2D eigenvalue weighted by Gasteiger charge is 2.06. The van der Waals surface area contributed by atoms with Crippen LogP contribution in [0.25, 0.3) is 6.08 Å². The molecule has 1 aromatic heterocycles. The molecule has 2 aromatic carbocycles. The number of anilines is 1. The Balaban J connectivity index is 1.57. The molecule has 3 aromatic rings. The van der Waals surface area contributed by atoms with Crippen molar-refractivity contribution in [2.75, 3.05) is 5.32 Å². The van der Waals surface area contributed by atoms with Crippen LogP contribution in [0.5, 0.6) is 5.75 Å². The molecule has 0 aliphatic heterocycles. The van der Waals surface area contributed by atoms with Gasteiger partial charge in [0.15, 0.2) is 0 Å². The molecule has 0 atom stereocenters. The molecular weight excluding hydrogens is 368 g/mol. The molecule has 0 saturated heterocycles. The highest BCUT2D eigenvalue weighted by Crippen LogP contribution is 2.22. The Morgan fingerprint density at radius 3 is 2.39 bits per heavy atom. The van der Waals surface area contributed by atoms with E-state index in [1.165, 1.54) is 5.56 Å². The summed E-state index contributed by atoms with van der Waals surface area (Å²) in [5.74, 6) is 0.632. The van der Waals surface area contributed by atoms with Gasteiger partial charge in [-0.15, -0.1) is 11.3 Å². The summed E-state index contributed by atoms with van der Waals surface area (Å²) in [5.41, 5.74) is 6.07. The molecule has 0 aliphatic carbocycles. The van der Waals surface area contributed by atoms with Gasteiger partial charge in [-0.3, -0.25) is 4.79 Å². The molecule has 0 aliphatic rings. The van der Waals surface area contributed by atoms with Gasteiger partial charge in [-0.2, -0.15) is 0 Å². The summed E-state index contributed by atoms with van der Waals surface area (Å²) in [5, 5.41) is 6.01. The van der Waals surface area contributed by atoms with E-state index in [-0.39, 0.29) is 5.91 Å². The van der Waals surface area contributed by atoms with Gasteiger partial charge < -0.3 is 10.1 Å². The van der Waals surface area contributed by atoms with Crippen LogP contribution in [0.15, 0.2) is 47.9 Å². The number of thiazole rings is 1. The number of carbonyl (C=O) groups is 1. The lowest BCUT2D eigenvalue weighted by molar-refractivity contribution is -0.111. The van der Waals surface area contributed by atoms with Gasteiger partial charge >= 0.3 is 0 Å². The molecule has 144 valence electrons.